The monoisotopic (exact) mass is 374 g/mol. The number of carbonyl (C=O) groups excluding carboxylic acids is 1. The van der Waals surface area contributed by atoms with Gasteiger partial charge in [-0.3, -0.25) is 4.79 Å². The van der Waals surface area contributed by atoms with Gasteiger partial charge in [0.15, 0.2) is 0 Å². The zero-order valence-corrected chi connectivity index (χ0v) is 15.8. The van der Waals surface area contributed by atoms with E-state index in [1.165, 1.54) is 32.1 Å². The molecule has 5 nitrogen and oxygen atoms in total. The summed E-state index contributed by atoms with van der Waals surface area (Å²) in [5.74, 6) is 0.671. The van der Waals surface area contributed by atoms with Gasteiger partial charge in [0, 0.05) is 24.1 Å². The lowest BCUT2D eigenvalue weighted by atomic mass is 9.98. The summed E-state index contributed by atoms with van der Waals surface area (Å²) in [6.45, 7) is 1.79. The van der Waals surface area contributed by atoms with Crippen molar-refractivity contribution in [3.63, 3.8) is 0 Å². The zero-order valence-electron chi connectivity index (χ0n) is 15.0. The van der Waals surface area contributed by atoms with Gasteiger partial charge in [-0.05, 0) is 43.5 Å². The second kappa shape index (κ2) is 10.3. The van der Waals surface area contributed by atoms with E-state index >= 15 is 0 Å². The van der Waals surface area contributed by atoms with E-state index in [1.807, 2.05) is 17.5 Å². The number of hydrogen-bond donors (Lipinski definition) is 1. The van der Waals surface area contributed by atoms with Gasteiger partial charge >= 0.3 is 0 Å². The van der Waals surface area contributed by atoms with E-state index in [1.54, 1.807) is 29.0 Å². The van der Waals surface area contributed by atoms with Crippen molar-refractivity contribution in [3.8, 4) is 5.75 Å². The van der Waals surface area contributed by atoms with Crippen LogP contribution in [0.25, 0.3) is 0 Å². The molecule has 0 radical (unpaired) electrons. The third kappa shape index (κ3) is 6.11. The van der Waals surface area contributed by atoms with Gasteiger partial charge in [-0.1, -0.05) is 19.3 Å². The van der Waals surface area contributed by atoms with Gasteiger partial charge in [-0.15, -0.1) is 11.3 Å². The molecule has 0 unspecified atom stereocenters. The Hall–Kier alpha value is -1.92. The van der Waals surface area contributed by atoms with E-state index in [0.717, 1.165) is 17.9 Å². The van der Waals surface area contributed by atoms with Crippen LogP contribution >= 0.6 is 11.3 Å². The summed E-state index contributed by atoms with van der Waals surface area (Å²) in [5, 5.41) is 4.90. The summed E-state index contributed by atoms with van der Waals surface area (Å²) in [6.07, 6.45) is 7.54. The topological polar surface area (TPSA) is 60.5 Å². The van der Waals surface area contributed by atoms with Crippen LogP contribution in [0.15, 0.2) is 35.2 Å². The Morgan fingerprint density at radius 3 is 2.73 bits per heavy atom. The predicted molar refractivity (Wildman–Crippen MR) is 103 cm³/mol. The van der Waals surface area contributed by atoms with Crippen LogP contribution in [0.2, 0.25) is 0 Å². The number of aromatic nitrogens is 1. The molecule has 0 bridgehead atoms. The molecule has 0 aliphatic heterocycles. The summed E-state index contributed by atoms with van der Waals surface area (Å²) >= 11 is 1.55. The number of ether oxygens (including phenoxy) is 2. The maximum atomic E-state index is 12.2. The molecule has 0 spiro atoms. The van der Waals surface area contributed by atoms with Gasteiger partial charge < -0.3 is 14.8 Å². The fraction of sp³-hybridized carbons (Fsp3) is 0.500. The highest BCUT2D eigenvalue weighted by Gasteiger charge is 2.13. The first kappa shape index (κ1) is 18.9. The van der Waals surface area contributed by atoms with Crippen molar-refractivity contribution in [3.05, 3.63) is 46.4 Å². The Balaban J connectivity index is 1.32. The van der Waals surface area contributed by atoms with Crippen LogP contribution in [0.3, 0.4) is 0 Å². The van der Waals surface area contributed by atoms with Crippen LogP contribution in [-0.2, 0) is 11.3 Å². The molecule has 6 heteroatoms. The van der Waals surface area contributed by atoms with Gasteiger partial charge in [-0.25, -0.2) is 4.98 Å². The van der Waals surface area contributed by atoms with Crippen molar-refractivity contribution in [2.75, 3.05) is 13.2 Å². The highest BCUT2D eigenvalue weighted by molar-refractivity contribution is 7.07. The number of benzene rings is 1. The molecule has 2 aromatic rings. The first-order valence-corrected chi connectivity index (χ1v) is 10.3. The molecule has 1 aromatic carbocycles. The fourth-order valence-electron chi connectivity index (χ4n) is 3.03. The molecule has 140 valence electrons. The van der Waals surface area contributed by atoms with Gasteiger partial charge in [0.2, 0.25) is 0 Å². The van der Waals surface area contributed by atoms with E-state index in [9.17, 15) is 4.79 Å². The fourth-order valence-corrected chi connectivity index (χ4v) is 3.57. The van der Waals surface area contributed by atoms with Crippen molar-refractivity contribution in [2.24, 2.45) is 0 Å². The molecule has 1 saturated carbocycles. The molecule has 1 fully saturated rings. The van der Waals surface area contributed by atoms with Crippen LogP contribution in [0.1, 0.15) is 54.6 Å². The highest BCUT2D eigenvalue weighted by atomic mass is 32.1. The second-order valence-electron chi connectivity index (χ2n) is 6.53. The van der Waals surface area contributed by atoms with Crippen LogP contribution < -0.4 is 10.1 Å². The third-order valence-electron chi connectivity index (χ3n) is 4.50. The highest BCUT2D eigenvalue weighted by Crippen LogP contribution is 2.20. The van der Waals surface area contributed by atoms with Gasteiger partial charge in [0.1, 0.15) is 12.4 Å². The molecule has 26 heavy (non-hydrogen) atoms. The van der Waals surface area contributed by atoms with Crippen molar-refractivity contribution in [1.82, 2.24) is 10.3 Å². The normalized spacial score (nSPS) is 14.9. The first-order chi connectivity index (χ1) is 12.8. The van der Waals surface area contributed by atoms with Gasteiger partial charge in [0.25, 0.3) is 5.91 Å². The average molecular weight is 375 g/mol. The summed E-state index contributed by atoms with van der Waals surface area (Å²) in [5.41, 5.74) is 3.33. The minimum atomic E-state index is -0.0614. The molecule has 0 saturated heterocycles. The minimum absolute atomic E-state index is 0.0614. The molecule has 1 aliphatic carbocycles. The molecule has 1 amide bonds. The number of amides is 1. The summed E-state index contributed by atoms with van der Waals surface area (Å²) in [7, 11) is 0. The van der Waals surface area contributed by atoms with Gasteiger partial charge in [-0.2, -0.15) is 0 Å². The molecule has 1 aromatic heterocycles. The number of thiazole rings is 1. The van der Waals surface area contributed by atoms with Crippen LogP contribution in [0, 0.1) is 0 Å². The molecular weight excluding hydrogens is 348 g/mol. The van der Waals surface area contributed by atoms with Crippen LogP contribution in [-0.4, -0.2) is 30.1 Å². The maximum absolute atomic E-state index is 12.2. The molecule has 3 rings (SSSR count). The quantitative estimate of drug-likeness (QED) is 0.669. The lowest BCUT2D eigenvalue weighted by Crippen LogP contribution is -2.26. The Bertz CT molecular complexity index is 652. The van der Waals surface area contributed by atoms with E-state index in [0.29, 0.717) is 31.4 Å². The Morgan fingerprint density at radius 2 is 2.00 bits per heavy atom. The van der Waals surface area contributed by atoms with Crippen molar-refractivity contribution in [1.29, 1.82) is 0 Å². The van der Waals surface area contributed by atoms with Gasteiger partial charge in [0.05, 0.1) is 17.3 Å². The largest absolute Gasteiger partial charge is 0.487 e. The van der Waals surface area contributed by atoms with Crippen LogP contribution in [0.5, 0.6) is 5.75 Å². The predicted octanol–water partition coefficient (Wildman–Crippen LogP) is 4.19. The van der Waals surface area contributed by atoms with E-state index in [4.69, 9.17) is 9.47 Å². The zero-order chi connectivity index (χ0) is 18.0. The van der Waals surface area contributed by atoms with E-state index < -0.39 is 0 Å². The van der Waals surface area contributed by atoms with Crippen LogP contribution in [0.4, 0.5) is 0 Å². The standard InChI is InChI=1S/C20H26N2O3S/c23-20(21-11-4-12-24-18-5-2-1-3-6-18)16-7-9-19(10-8-16)25-13-17-14-26-15-22-17/h7-10,14-15,18H,1-6,11-13H2,(H,21,23). The van der Waals surface area contributed by atoms with E-state index in [2.05, 4.69) is 10.3 Å². The Morgan fingerprint density at radius 1 is 1.19 bits per heavy atom. The molecule has 1 N–H and O–H groups in total. The second-order valence-corrected chi connectivity index (χ2v) is 7.25. The maximum Gasteiger partial charge on any atom is 0.251 e. The molecular formula is C20H26N2O3S. The molecule has 1 aliphatic rings. The van der Waals surface area contributed by atoms with Crippen molar-refractivity contribution >= 4 is 17.2 Å². The Kier molecular flexibility index (Phi) is 7.46. The number of hydrogen-bond acceptors (Lipinski definition) is 5. The lowest BCUT2D eigenvalue weighted by molar-refractivity contribution is 0.0273. The van der Waals surface area contributed by atoms with Crippen molar-refractivity contribution in [2.45, 2.75) is 51.2 Å². The minimum Gasteiger partial charge on any atom is -0.487 e. The smallest absolute Gasteiger partial charge is 0.251 e. The molecule has 0 atom stereocenters. The lowest BCUT2D eigenvalue weighted by Gasteiger charge is -2.21. The number of nitrogens with zero attached hydrogens (tertiary/aromatic N) is 1. The summed E-state index contributed by atoms with van der Waals surface area (Å²) in [6, 6.07) is 7.19. The number of nitrogens with one attached hydrogen (secondary N) is 1. The SMILES string of the molecule is O=C(NCCCOC1CCCCC1)c1ccc(OCc2cscn2)cc1. The molecule has 1 heterocycles. The number of carbonyl (C=O) groups is 1. The third-order valence-corrected chi connectivity index (χ3v) is 5.13. The first-order valence-electron chi connectivity index (χ1n) is 9.31. The van der Waals surface area contributed by atoms with Crippen molar-refractivity contribution < 1.29 is 14.3 Å². The summed E-state index contributed by atoms with van der Waals surface area (Å²) in [4.78, 5) is 16.3. The summed E-state index contributed by atoms with van der Waals surface area (Å²) < 4.78 is 11.5. The average Bonchev–Trinajstić information content (AvgIpc) is 3.21. The number of rotatable bonds is 9. The Labute approximate surface area is 158 Å². The van der Waals surface area contributed by atoms with E-state index in [-0.39, 0.29) is 5.91 Å².